The van der Waals surface area contributed by atoms with E-state index in [1.54, 1.807) is 0 Å². The molecule has 0 radical (unpaired) electrons. The number of likely N-dealkylation sites (tertiary alicyclic amines) is 1. The molecule has 2 rings (SSSR count). The average Bonchev–Trinajstić information content (AvgIpc) is 2.92. The number of hydrogen-bond donors (Lipinski definition) is 1. The number of carbonyl (C=O) groups excluding carboxylic acids is 1. The Hall–Kier alpha value is -0.650. The van der Waals surface area contributed by atoms with E-state index in [-0.39, 0.29) is 12.1 Å². The Balaban J connectivity index is 1.90. The van der Waals surface area contributed by atoms with E-state index < -0.39 is 0 Å². The Morgan fingerprint density at radius 3 is 2.05 bits per heavy atom. The topological polar surface area (TPSA) is 47.0 Å². The number of nitrogens with zero attached hydrogens (tertiary/aromatic N) is 3. The van der Waals surface area contributed by atoms with Gasteiger partial charge >= 0.3 is 0 Å². The molecule has 0 aliphatic carbocycles. The van der Waals surface area contributed by atoms with Crippen molar-refractivity contribution in [3.05, 3.63) is 0 Å². The first-order valence-corrected chi connectivity index (χ1v) is 8.42. The van der Waals surface area contributed by atoms with E-state index in [1.165, 1.54) is 12.8 Å². The third-order valence-corrected chi connectivity index (χ3v) is 4.62. The molecule has 0 bridgehead atoms. The molecule has 21 heavy (non-hydrogen) atoms. The minimum absolute atomic E-state index is 0.0517. The van der Waals surface area contributed by atoms with Crippen molar-refractivity contribution in [2.24, 2.45) is 5.92 Å². The van der Waals surface area contributed by atoms with Crippen LogP contribution in [-0.2, 0) is 4.79 Å². The fourth-order valence-corrected chi connectivity index (χ4v) is 3.59. The van der Waals surface area contributed by atoms with Gasteiger partial charge in [0.05, 0.1) is 12.1 Å². The van der Waals surface area contributed by atoms with Crippen LogP contribution < -0.4 is 0 Å². The zero-order valence-corrected chi connectivity index (χ0v) is 13.8. The summed E-state index contributed by atoms with van der Waals surface area (Å²) in [5, 5.41) is 9.46. The van der Waals surface area contributed by atoms with Crippen LogP contribution >= 0.6 is 0 Å². The Kier molecular flexibility index (Phi) is 6.02. The van der Waals surface area contributed by atoms with Crippen LogP contribution in [0.1, 0.15) is 33.6 Å². The van der Waals surface area contributed by atoms with Crippen molar-refractivity contribution in [1.29, 1.82) is 0 Å². The third kappa shape index (κ3) is 4.41. The van der Waals surface area contributed by atoms with Crippen LogP contribution in [0.3, 0.4) is 0 Å². The highest BCUT2D eigenvalue weighted by atomic mass is 16.3. The molecule has 1 amide bonds. The summed E-state index contributed by atoms with van der Waals surface area (Å²) in [5.74, 6) is 0.676. The average molecular weight is 297 g/mol. The molecule has 0 spiro atoms. The van der Waals surface area contributed by atoms with Crippen LogP contribution in [0.2, 0.25) is 0 Å². The van der Waals surface area contributed by atoms with Crippen molar-refractivity contribution in [2.45, 2.75) is 45.8 Å². The van der Waals surface area contributed by atoms with Gasteiger partial charge < -0.3 is 10.0 Å². The van der Waals surface area contributed by atoms with Crippen LogP contribution in [-0.4, -0.2) is 83.7 Å². The van der Waals surface area contributed by atoms with Crippen molar-refractivity contribution in [1.82, 2.24) is 14.7 Å². The van der Waals surface area contributed by atoms with E-state index in [1.807, 2.05) is 11.8 Å². The first-order chi connectivity index (χ1) is 9.99. The summed E-state index contributed by atoms with van der Waals surface area (Å²) in [6.07, 6.45) is 2.15. The zero-order chi connectivity index (χ0) is 15.4. The molecular formula is C16H31N3O2. The van der Waals surface area contributed by atoms with Crippen LogP contribution in [0, 0.1) is 5.92 Å². The zero-order valence-electron chi connectivity index (χ0n) is 13.8. The lowest BCUT2D eigenvalue weighted by Crippen LogP contribution is -2.56. The summed E-state index contributed by atoms with van der Waals surface area (Å²) in [5.41, 5.74) is 0. The number of aliphatic hydroxyl groups is 1. The molecule has 0 aromatic heterocycles. The molecule has 5 heteroatoms. The first-order valence-electron chi connectivity index (χ1n) is 8.42. The van der Waals surface area contributed by atoms with Gasteiger partial charge in [0, 0.05) is 32.7 Å². The number of aliphatic hydroxyl groups excluding tert-OH is 1. The van der Waals surface area contributed by atoms with Gasteiger partial charge in [-0.3, -0.25) is 14.6 Å². The minimum atomic E-state index is -0.291. The predicted octanol–water partition coefficient (Wildman–Crippen LogP) is 0.632. The molecular weight excluding hydrogens is 266 g/mol. The number of carbonyl (C=O) groups is 1. The lowest BCUT2D eigenvalue weighted by Gasteiger charge is -2.39. The first kappa shape index (κ1) is 16.7. The number of rotatable bonds is 5. The summed E-state index contributed by atoms with van der Waals surface area (Å²) in [6, 6.07) is 0.0517. The molecule has 2 atom stereocenters. The summed E-state index contributed by atoms with van der Waals surface area (Å²) in [4.78, 5) is 19.5. The van der Waals surface area contributed by atoms with Crippen molar-refractivity contribution in [3.8, 4) is 0 Å². The van der Waals surface area contributed by atoms with Crippen molar-refractivity contribution >= 4 is 5.91 Å². The van der Waals surface area contributed by atoms with E-state index in [9.17, 15) is 9.90 Å². The Morgan fingerprint density at radius 2 is 1.57 bits per heavy atom. The van der Waals surface area contributed by atoms with Gasteiger partial charge in [0.15, 0.2) is 0 Å². The highest BCUT2D eigenvalue weighted by molar-refractivity contribution is 5.82. The number of β-amino-alcohol motifs (C(OH)–C–C–N with tert-alkyl or cyclic N) is 1. The van der Waals surface area contributed by atoms with Gasteiger partial charge in [-0.1, -0.05) is 13.8 Å². The molecule has 0 aromatic rings. The lowest BCUT2D eigenvalue weighted by atomic mass is 10.0. The highest BCUT2D eigenvalue weighted by Gasteiger charge is 2.34. The van der Waals surface area contributed by atoms with Crippen LogP contribution in [0.5, 0.6) is 0 Å². The maximum Gasteiger partial charge on any atom is 0.240 e. The molecule has 1 N–H and O–H groups in total. The summed E-state index contributed by atoms with van der Waals surface area (Å²) < 4.78 is 0. The summed E-state index contributed by atoms with van der Waals surface area (Å²) >= 11 is 0. The number of hydrogen-bond acceptors (Lipinski definition) is 4. The fourth-order valence-electron chi connectivity index (χ4n) is 3.59. The van der Waals surface area contributed by atoms with E-state index >= 15 is 0 Å². The smallest absolute Gasteiger partial charge is 0.240 e. The quantitative estimate of drug-likeness (QED) is 0.809. The molecule has 0 saturated carbocycles. The van der Waals surface area contributed by atoms with E-state index in [4.69, 9.17) is 0 Å². The third-order valence-electron chi connectivity index (χ3n) is 4.62. The lowest BCUT2D eigenvalue weighted by molar-refractivity contribution is -0.140. The summed E-state index contributed by atoms with van der Waals surface area (Å²) in [7, 11) is 0. The van der Waals surface area contributed by atoms with Gasteiger partial charge in [0.1, 0.15) is 0 Å². The van der Waals surface area contributed by atoms with Gasteiger partial charge in [0.25, 0.3) is 0 Å². The molecule has 2 aliphatic rings. The molecule has 2 heterocycles. The minimum Gasteiger partial charge on any atom is -0.392 e. The van der Waals surface area contributed by atoms with Gasteiger partial charge in [-0.2, -0.15) is 0 Å². The van der Waals surface area contributed by atoms with Crippen molar-refractivity contribution < 1.29 is 9.90 Å². The molecule has 0 aromatic carbocycles. The van der Waals surface area contributed by atoms with E-state index in [0.29, 0.717) is 18.4 Å². The summed E-state index contributed by atoms with van der Waals surface area (Å²) in [6.45, 7) is 12.3. The standard InChI is InChI=1S/C16H31N3O2/c1-13(2)15(18-6-4-5-7-18)16(21)19-10-8-17(9-11-19)12-14(3)20/h13-15,20H,4-12H2,1-3H3. The maximum absolute atomic E-state index is 12.9. The Bertz CT molecular complexity index is 332. The Labute approximate surface area is 128 Å². The van der Waals surface area contributed by atoms with Crippen molar-refractivity contribution in [2.75, 3.05) is 45.8 Å². The van der Waals surface area contributed by atoms with Crippen LogP contribution in [0.25, 0.3) is 0 Å². The highest BCUT2D eigenvalue weighted by Crippen LogP contribution is 2.20. The van der Waals surface area contributed by atoms with E-state index in [2.05, 4.69) is 23.6 Å². The molecule has 2 aliphatic heterocycles. The molecule has 122 valence electrons. The van der Waals surface area contributed by atoms with Gasteiger partial charge in [0.2, 0.25) is 5.91 Å². The SMILES string of the molecule is CC(O)CN1CCN(C(=O)C(C(C)C)N2CCCC2)CC1. The monoisotopic (exact) mass is 297 g/mol. The number of piperazine rings is 1. The second-order valence-corrected chi connectivity index (χ2v) is 6.91. The maximum atomic E-state index is 12.9. The second kappa shape index (κ2) is 7.56. The fraction of sp³-hybridized carbons (Fsp3) is 0.938. The molecule has 2 unspecified atom stereocenters. The van der Waals surface area contributed by atoms with E-state index in [0.717, 1.165) is 39.3 Å². The molecule has 2 fully saturated rings. The number of amides is 1. The van der Waals surface area contributed by atoms with Gasteiger partial charge in [-0.05, 0) is 38.8 Å². The van der Waals surface area contributed by atoms with Gasteiger partial charge in [-0.15, -0.1) is 0 Å². The molecule has 5 nitrogen and oxygen atoms in total. The van der Waals surface area contributed by atoms with Gasteiger partial charge in [-0.25, -0.2) is 0 Å². The molecule has 2 saturated heterocycles. The predicted molar refractivity (Wildman–Crippen MR) is 84.1 cm³/mol. The van der Waals surface area contributed by atoms with Crippen LogP contribution in [0.15, 0.2) is 0 Å². The second-order valence-electron chi connectivity index (χ2n) is 6.91. The van der Waals surface area contributed by atoms with Crippen molar-refractivity contribution in [3.63, 3.8) is 0 Å². The normalized spacial score (nSPS) is 24.5. The largest absolute Gasteiger partial charge is 0.392 e. The Morgan fingerprint density at radius 1 is 1.00 bits per heavy atom. The van der Waals surface area contributed by atoms with Crippen LogP contribution in [0.4, 0.5) is 0 Å².